The van der Waals surface area contributed by atoms with Gasteiger partial charge in [0.1, 0.15) is 6.04 Å². The summed E-state index contributed by atoms with van der Waals surface area (Å²) in [5.74, 6) is -0.412. The van der Waals surface area contributed by atoms with Crippen molar-refractivity contribution in [3.05, 3.63) is 35.4 Å². The Morgan fingerprint density at radius 3 is 2.75 bits per heavy atom. The summed E-state index contributed by atoms with van der Waals surface area (Å²) in [7, 11) is 0. The lowest BCUT2D eigenvalue weighted by Gasteiger charge is -2.29. The van der Waals surface area contributed by atoms with E-state index < -0.39 is 18.1 Å². The van der Waals surface area contributed by atoms with Crippen LogP contribution in [0.2, 0.25) is 0 Å². The lowest BCUT2D eigenvalue weighted by atomic mass is 10.0. The van der Waals surface area contributed by atoms with E-state index in [0.29, 0.717) is 11.1 Å². The number of carbonyl (C=O) groups is 1. The number of benzene rings is 1. The summed E-state index contributed by atoms with van der Waals surface area (Å²) in [6.45, 7) is 0.0287. The molecule has 0 bridgehead atoms. The lowest BCUT2D eigenvalue weighted by Crippen LogP contribution is -2.51. The summed E-state index contributed by atoms with van der Waals surface area (Å²) in [5.41, 5.74) is 2.94. The van der Waals surface area contributed by atoms with Crippen LogP contribution in [-0.2, 0) is 11.2 Å². The van der Waals surface area contributed by atoms with E-state index in [2.05, 4.69) is 5.43 Å². The first-order valence-electron chi connectivity index (χ1n) is 6.02. The molecule has 1 fully saturated rings. The molecule has 106 valence electrons. The van der Waals surface area contributed by atoms with Crippen LogP contribution in [-0.4, -0.2) is 29.7 Å². The monoisotopic (exact) mass is 283 g/mol. The summed E-state index contributed by atoms with van der Waals surface area (Å²) in [6, 6.07) is 6.15. The lowest BCUT2D eigenvalue weighted by molar-refractivity contribution is -0.187. The Balaban J connectivity index is 2.20. The van der Waals surface area contributed by atoms with Crippen LogP contribution in [0.15, 0.2) is 24.3 Å². The van der Waals surface area contributed by atoms with Crippen molar-refractivity contribution in [1.29, 1.82) is 5.26 Å². The van der Waals surface area contributed by atoms with E-state index in [9.17, 15) is 18.0 Å². The quantitative estimate of drug-likeness (QED) is 0.919. The predicted octanol–water partition coefficient (Wildman–Crippen LogP) is 1.77. The van der Waals surface area contributed by atoms with Gasteiger partial charge in [0.15, 0.2) is 0 Å². The van der Waals surface area contributed by atoms with E-state index >= 15 is 0 Å². The molecular weight excluding hydrogens is 271 g/mol. The van der Waals surface area contributed by atoms with Crippen LogP contribution < -0.4 is 5.43 Å². The van der Waals surface area contributed by atoms with Crippen LogP contribution in [0.4, 0.5) is 13.2 Å². The minimum absolute atomic E-state index is 0.0287. The number of rotatable bonds is 3. The van der Waals surface area contributed by atoms with Gasteiger partial charge in [0.2, 0.25) is 5.91 Å². The SMILES string of the molecule is N#Cc1cccc(CC(N2CCC(=O)N2)C(F)(F)F)c1. The maximum atomic E-state index is 13.1. The largest absolute Gasteiger partial charge is 0.406 e. The Labute approximate surface area is 113 Å². The predicted molar refractivity (Wildman–Crippen MR) is 64.2 cm³/mol. The smallest absolute Gasteiger partial charge is 0.288 e. The molecule has 1 aliphatic heterocycles. The molecule has 0 aliphatic carbocycles. The van der Waals surface area contributed by atoms with Crippen LogP contribution in [0.25, 0.3) is 0 Å². The maximum absolute atomic E-state index is 13.1. The molecule has 1 N–H and O–H groups in total. The molecule has 1 amide bonds. The highest BCUT2D eigenvalue weighted by atomic mass is 19.4. The van der Waals surface area contributed by atoms with Crippen molar-refractivity contribution < 1.29 is 18.0 Å². The second-order valence-electron chi connectivity index (χ2n) is 4.55. The van der Waals surface area contributed by atoms with Crippen LogP contribution >= 0.6 is 0 Å². The number of halogens is 3. The van der Waals surface area contributed by atoms with E-state index in [1.165, 1.54) is 18.2 Å². The highest BCUT2D eigenvalue weighted by Gasteiger charge is 2.45. The van der Waals surface area contributed by atoms with E-state index in [1.54, 1.807) is 6.07 Å². The maximum Gasteiger partial charge on any atom is 0.406 e. The van der Waals surface area contributed by atoms with Gasteiger partial charge in [-0.1, -0.05) is 12.1 Å². The number of alkyl halides is 3. The van der Waals surface area contributed by atoms with Gasteiger partial charge >= 0.3 is 6.18 Å². The fraction of sp³-hybridized carbons (Fsp3) is 0.385. The summed E-state index contributed by atoms with van der Waals surface area (Å²) in [5, 5.41) is 9.68. The molecule has 0 saturated carbocycles. The third kappa shape index (κ3) is 3.27. The van der Waals surface area contributed by atoms with Gasteiger partial charge in [-0.3, -0.25) is 10.2 Å². The van der Waals surface area contributed by atoms with E-state index in [-0.39, 0.29) is 19.4 Å². The van der Waals surface area contributed by atoms with E-state index in [4.69, 9.17) is 5.26 Å². The Morgan fingerprint density at radius 1 is 1.45 bits per heavy atom. The van der Waals surface area contributed by atoms with Gasteiger partial charge in [0.25, 0.3) is 0 Å². The number of nitriles is 1. The minimum Gasteiger partial charge on any atom is -0.288 e. The Kier molecular flexibility index (Phi) is 3.95. The highest BCUT2D eigenvalue weighted by Crippen LogP contribution is 2.28. The third-order valence-corrected chi connectivity index (χ3v) is 3.09. The van der Waals surface area contributed by atoms with Gasteiger partial charge in [0, 0.05) is 13.0 Å². The van der Waals surface area contributed by atoms with Gasteiger partial charge in [-0.25, -0.2) is 5.01 Å². The number of nitrogens with zero attached hydrogens (tertiary/aromatic N) is 2. The molecule has 1 heterocycles. The zero-order valence-electron chi connectivity index (χ0n) is 10.4. The number of carbonyl (C=O) groups excluding carboxylic acids is 1. The summed E-state index contributed by atoms with van der Waals surface area (Å²) < 4.78 is 39.3. The zero-order chi connectivity index (χ0) is 14.8. The number of hydrazine groups is 1. The molecule has 1 aromatic carbocycles. The normalized spacial score (nSPS) is 17.6. The third-order valence-electron chi connectivity index (χ3n) is 3.09. The highest BCUT2D eigenvalue weighted by molar-refractivity contribution is 5.77. The number of amides is 1. The molecular formula is C13H12F3N3O. The van der Waals surface area contributed by atoms with Crippen molar-refractivity contribution in [3.63, 3.8) is 0 Å². The Bertz CT molecular complexity index is 551. The molecule has 2 rings (SSSR count). The second kappa shape index (κ2) is 5.51. The second-order valence-corrected chi connectivity index (χ2v) is 4.55. The molecule has 20 heavy (non-hydrogen) atoms. The average molecular weight is 283 g/mol. The molecule has 1 atom stereocenters. The molecule has 7 heteroatoms. The molecule has 1 aromatic rings. The molecule has 1 saturated heterocycles. The van der Waals surface area contributed by atoms with Gasteiger partial charge < -0.3 is 0 Å². The van der Waals surface area contributed by atoms with Gasteiger partial charge in [-0.05, 0) is 24.1 Å². The summed E-state index contributed by atoms with van der Waals surface area (Å²) >= 11 is 0. The van der Waals surface area contributed by atoms with Crippen molar-refractivity contribution in [2.45, 2.75) is 25.1 Å². The van der Waals surface area contributed by atoms with Crippen molar-refractivity contribution in [2.24, 2.45) is 0 Å². The van der Waals surface area contributed by atoms with Crippen LogP contribution in [0, 0.1) is 11.3 Å². The van der Waals surface area contributed by atoms with Crippen LogP contribution in [0.1, 0.15) is 17.5 Å². The number of nitrogens with one attached hydrogen (secondary N) is 1. The topological polar surface area (TPSA) is 56.1 Å². The zero-order valence-corrected chi connectivity index (χ0v) is 10.4. The average Bonchev–Trinajstić information content (AvgIpc) is 2.81. The standard InChI is InChI=1S/C13H12F3N3O/c14-13(15,16)11(19-5-4-12(20)18-19)7-9-2-1-3-10(6-9)8-17/h1-3,6,11H,4-5,7H2,(H,18,20). The number of hydrogen-bond donors (Lipinski definition) is 1. The first-order chi connectivity index (χ1) is 9.40. The molecule has 1 unspecified atom stereocenters. The van der Waals surface area contributed by atoms with Gasteiger partial charge in [0.05, 0.1) is 11.6 Å². The van der Waals surface area contributed by atoms with Crippen LogP contribution in [0.3, 0.4) is 0 Å². The van der Waals surface area contributed by atoms with E-state index in [0.717, 1.165) is 5.01 Å². The first-order valence-corrected chi connectivity index (χ1v) is 6.02. The Morgan fingerprint density at radius 2 is 2.20 bits per heavy atom. The Hall–Kier alpha value is -2.07. The van der Waals surface area contributed by atoms with Crippen LogP contribution in [0.5, 0.6) is 0 Å². The van der Waals surface area contributed by atoms with Crippen molar-refractivity contribution in [2.75, 3.05) is 6.54 Å². The molecule has 1 aliphatic rings. The van der Waals surface area contributed by atoms with E-state index in [1.807, 2.05) is 6.07 Å². The van der Waals surface area contributed by atoms with Gasteiger partial charge in [-0.2, -0.15) is 18.4 Å². The van der Waals surface area contributed by atoms with Gasteiger partial charge in [-0.15, -0.1) is 0 Å². The molecule has 0 aromatic heterocycles. The fourth-order valence-electron chi connectivity index (χ4n) is 2.12. The van der Waals surface area contributed by atoms with Crippen molar-refractivity contribution in [3.8, 4) is 6.07 Å². The summed E-state index contributed by atoms with van der Waals surface area (Å²) in [6.07, 6.45) is -4.70. The van der Waals surface area contributed by atoms with Crippen molar-refractivity contribution >= 4 is 5.91 Å². The molecule has 4 nitrogen and oxygen atoms in total. The molecule has 0 spiro atoms. The summed E-state index contributed by atoms with van der Waals surface area (Å²) in [4.78, 5) is 11.1. The minimum atomic E-state index is -4.46. The fourth-order valence-corrected chi connectivity index (χ4v) is 2.12. The molecule has 0 radical (unpaired) electrons. The number of hydrogen-bond acceptors (Lipinski definition) is 3. The first kappa shape index (κ1) is 14.3. The van der Waals surface area contributed by atoms with Crippen molar-refractivity contribution in [1.82, 2.24) is 10.4 Å².